The van der Waals surface area contributed by atoms with E-state index >= 15 is 0 Å². The van der Waals surface area contributed by atoms with Gasteiger partial charge in [-0.25, -0.2) is 0 Å². The Morgan fingerprint density at radius 1 is 0.971 bits per heavy atom. The smallest absolute Gasteiger partial charge is 0.254 e. The summed E-state index contributed by atoms with van der Waals surface area (Å²) in [4.78, 5) is 30.1. The molecule has 2 amide bonds. The Morgan fingerprint density at radius 3 is 2.60 bits per heavy atom. The summed E-state index contributed by atoms with van der Waals surface area (Å²) in [5.41, 5.74) is -0.526. The van der Waals surface area contributed by atoms with E-state index in [2.05, 4.69) is 0 Å². The first-order valence-corrected chi connectivity index (χ1v) is 12.0. The Balaban J connectivity index is 1.35. The number of morpholine rings is 2. The maximum Gasteiger partial charge on any atom is 0.254 e. The molecule has 0 spiro atoms. The molecule has 2 aromatic rings. The second kappa shape index (κ2) is 10.3. The molecule has 0 aromatic heterocycles. The zero-order valence-electron chi connectivity index (χ0n) is 19.2. The number of rotatable bonds is 6. The number of carbonyl (C=O) groups is 2. The van der Waals surface area contributed by atoms with Gasteiger partial charge in [0, 0.05) is 30.2 Å². The lowest BCUT2D eigenvalue weighted by Gasteiger charge is -2.43. The standard InChI is InChI=1S/C25H27ClN2O7/c26-19-2-1-3-20(13-19)32-16-25(14-23(29)27-6-9-31-10-7-27)15-28(8-11-35-25)24(30)18-4-5-21-22(12-18)34-17-33-21/h1-5,12-13H,6-11,14-17H2. The number of amides is 2. The predicted molar refractivity (Wildman–Crippen MR) is 126 cm³/mol. The van der Waals surface area contributed by atoms with Gasteiger partial charge < -0.3 is 33.5 Å². The van der Waals surface area contributed by atoms with Gasteiger partial charge in [-0.05, 0) is 36.4 Å². The topological polar surface area (TPSA) is 86.8 Å². The minimum Gasteiger partial charge on any atom is -0.490 e. The van der Waals surface area contributed by atoms with Crippen molar-refractivity contribution in [2.24, 2.45) is 0 Å². The summed E-state index contributed by atoms with van der Waals surface area (Å²) in [5.74, 6) is 1.50. The van der Waals surface area contributed by atoms with Crippen molar-refractivity contribution in [1.82, 2.24) is 9.80 Å². The molecule has 2 saturated heterocycles. The summed E-state index contributed by atoms with van der Waals surface area (Å²) in [6.07, 6.45) is 0.0818. The van der Waals surface area contributed by atoms with Crippen LogP contribution < -0.4 is 14.2 Å². The van der Waals surface area contributed by atoms with E-state index in [0.29, 0.717) is 60.7 Å². The van der Waals surface area contributed by atoms with E-state index in [1.807, 2.05) is 0 Å². The molecule has 35 heavy (non-hydrogen) atoms. The van der Waals surface area contributed by atoms with Crippen molar-refractivity contribution in [3.8, 4) is 17.2 Å². The van der Waals surface area contributed by atoms with Crippen LogP contribution in [0.1, 0.15) is 16.8 Å². The molecular formula is C25H27ClN2O7. The number of carbonyl (C=O) groups excluding carboxylic acids is 2. The molecule has 2 fully saturated rings. The highest BCUT2D eigenvalue weighted by Gasteiger charge is 2.42. The van der Waals surface area contributed by atoms with Gasteiger partial charge in [0.2, 0.25) is 12.7 Å². The van der Waals surface area contributed by atoms with Crippen LogP contribution in [0.25, 0.3) is 0 Å². The summed E-state index contributed by atoms with van der Waals surface area (Å²) in [5, 5.41) is 0.546. The molecule has 0 bridgehead atoms. The van der Waals surface area contributed by atoms with Crippen molar-refractivity contribution >= 4 is 23.4 Å². The summed E-state index contributed by atoms with van der Waals surface area (Å²) in [6.45, 7) is 3.20. The number of hydrogen-bond donors (Lipinski definition) is 0. The number of ether oxygens (including phenoxy) is 5. The monoisotopic (exact) mass is 502 g/mol. The van der Waals surface area contributed by atoms with E-state index in [1.165, 1.54) is 0 Å². The molecule has 0 aliphatic carbocycles. The van der Waals surface area contributed by atoms with Gasteiger partial charge in [-0.3, -0.25) is 9.59 Å². The second-order valence-corrected chi connectivity index (χ2v) is 9.18. The van der Waals surface area contributed by atoms with Crippen LogP contribution in [-0.4, -0.2) is 86.6 Å². The van der Waals surface area contributed by atoms with Gasteiger partial charge >= 0.3 is 0 Å². The van der Waals surface area contributed by atoms with Crippen LogP contribution in [-0.2, 0) is 14.3 Å². The van der Waals surface area contributed by atoms with Gasteiger partial charge in [0.15, 0.2) is 11.5 Å². The summed E-state index contributed by atoms with van der Waals surface area (Å²) in [7, 11) is 0. The molecule has 2 aromatic carbocycles. The third kappa shape index (κ3) is 5.47. The molecule has 3 aliphatic heterocycles. The van der Waals surface area contributed by atoms with Crippen LogP contribution in [0.2, 0.25) is 5.02 Å². The Kier molecular flexibility index (Phi) is 6.99. The van der Waals surface area contributed by atoms with E-state index < -0.39 is 5.60 Å². The van der Waals surface area contributed by atoms with E-state index in [1.54, 1.807) is 52.3 Å². The fraction of sp³-hybridized carbons (Fsp3) is 0.440. The van der Waals surface area contributed by atoms with E-state index in [0.717, 1.165) is 0 Å². The lowest BCUT2D eigenvalue weighted by atomic mass is 9.96. The van der Waals surface area contributed by atoms with Crippen LogP contribution in [0, 0.1) is 0 Å². The molecular weight excluding hydrogens is 476 g/mol. The summed E-state index contributed by atoms with van der Waals surface area (Å²) >= 11 is 6.10. The lowest BCUT2D eigenvalue weighted by molar-refractivity contribution is -0.155. The molecule has 9 nitrogen and oxygen atoms in total. The number of fused-ring (bicyclic) bond motifs is 1. The normalized spacial score (nSPS) is 21.6. The Morgan fingerprint density at radius 2 is 1.77 bits per heavy atom. The minimum atomic E-state index is -1.01. The molecule has 186 valence electrons. The van der Waals surface area contributed by atoms with Gasteiger partial charge in [0.1, 0.15) is 18.0 Å². The third-order valence-corrected chi connectivity index (χ3v) is 6.53. The fourth-order valence-corrected chi connectivity index (χ4v) is 4.63. The van der Waals surface area contributed by atoms with E-state index in [4.69, 9.17) is 35.3 Å². The molecule has 1 atom stereocenters. The number of hydrogen-bond acceptors (Lipinski definition) is 7. The quantitative estimate of drug-likeness (QED) is 0.600. The average molecular weight is 503 g/mol. The number of nitrogens with zero attached hydrogens (tertiary/aromatic N) is 2. The van der Waals surface area contributed by atoms with Crippen LogP contribution in [0.5, 0.6) is 17.2 Å². The van der Waals surface area contributed by atoms with Crippen molar-refractivity contribution in [2.75, 3.05) is 59.4 Å². The Bertz CT molecular complexity index is 1090. The summed E-state index contributed by atoms with van der Waals surface area (Å²) in [6, 6.07) is 12.2. The van der Waals surface area contributed by atoms with E-state index in [9.17, 15) is 9.59 Å². The van der Waals surface area contributed by atoms with Crippen LogP contribution in [0.15, 0.2) is 42.5 Å². The molecule has 3 aliphatic rings. The van der Waals surface area contributed by atoms with Crippen molar-refractivity contribution in [2.45, 2.75) is 12.0 Å². The highest BCUT2D eigenvalue weighted by molar-refractivity contribution is 6.30. The minimum absolute atomic E-state index is 0.0552. The molecule has 0 N–H and O–H groups in total. The van der Waals surface area contributed by atoms with Gasteiger partial charge in [0.25, 0.3) is 5.91 Å². The fourth-order valence-electron chi connectivity index (χ4n) is 4.45. The summed E-state index contributed by atoms with van der Waals surface area (Å²) < 4.78 is 28.4. The van der Waals surface area contributed by atoms with Crippen molar-refractivity contribution in [3.63, 3.8) is 0 Å². The zero-order valence-corrected chi connectivity index (χ0v) is 20.0. The number of halogens is 1. The van der Waals surface area contributed by atoms with Gasteiger partial charge in [-0.1, -0.05) is 17.7 Å². The third-order valence-electron chi connectivity index (χ3n) is 6.29. The Hall–Kier alpha value is -3.01. The zero-order chi connectivity index (χ0) is 24.3. The highest BCUT2D eigenvalue weighted by atomic mass is 35.5. The predicted octanol–water partition coefficient (Wildman–Crippen LogP) is 2.61. The Labute approximate surface area is 208 Å². The molecule has 3 heterocycles. The molecule has 1 unspecified atom stereocenters. The first kappa shape index (κ1) is 23.7. The lowest BCUT2D eigenvalue weighted by Crippen LogP contribution is -2.58. The first-order valence-electron chi connectivity index (χ1n) is 11.6. The maximum atomic E-state index is 13.4. The van der Waals surface area contributed by atoms with Crippen LogP contribution in [0.4, 0.5) is 0 Å². The molecule has 0 saturated carbocycles. The van der Waals surface area contributed by atoms with Crippen LogP contribution in [0.3, 0.4) is 0 Å². The maximum absolute atomic E-state index is 13.4. The highest BCUT2D eigenvalue weighted by Crippen LogP contribution is 2.34. The SMILES string of the molecule is O=C(CC1(COc2cccc(Cl)c2)CN(C(=O)c2ccc3c(c2)OCO3)CCO1)N1CCOCC1. The van der Waals surface area contributed by atoms with E-state index in [-0.39, 0.29) is 44.8 Å². The van der Waals surface area contributed by atoms with Gasteiger partial charge in [-0.2, -0.15) is 0 Å². The second-order valence-electron chi connectivity index (χ2n) is 8.74. The van der Waals surface area contributed by atoms with Crippen LogP contribution >= 0.6 is 11.6 Å². The van der Waals surface area contributed by atoms with Gasteiger partial charge in [0.05, 0.1) is 32.8 Å². The molecule has 10 heteroatoms. The molecule has 5 rings (SSSR count). The average Bonchev–Trinajstić information content (AvgIpc) is 3.36. The van der Waals surface area contributed by atoms with Crippen molar-refractivity contribution in [3.05, 3.63) is 53.1 Å². The first-order chi connectivity index (χ1) is 17.0. The molecule has 0 radical (unpaired) electrons. The van der Waals surface area contributed by atoms with Crippen molar-refractivity contribution in [1.29, 1.82) is 0 Å². The van der Waals surface area contributed by atoms with Gasteiger partial charge in [-0.15, -0.1) is 0 Å². The largest absolute Gasteiger partial charge is 0.490 e. The number of benzene rings is 2. The van der Waals surface area contributed by atoms with Crippen molar-refractivity contribution < 1.29 is 33.3 Å².